The van der Waals surface area contributed by atoms with Gasteiger partial charge in [-0.2, -0.15) is 4.31 Å². The molecule has 0 N–H and O–H groups in total. The average Bonchev–Trinajstić information content (AvgIpc) is 2.73. The van der Waals surface area contributed by atoms with Crippen LogP contribution in [0.1, 0.15) is 18.4 Å². The van der Waals surface area contributed by atoms with E-state index in [-0.39, 0.29) is 17.5 Å². The summed E-state index contributed by atoms with van der Waals surface area (Å²) < 4.78 is 45.0. The summed E-state index contributed by atoms with van der Waals surface area (Å²) in [5, 5.41) is 0. The minimum atomic E-state index is -3.39. The van der Waals surface area contributed by atoms with E-state index < -0.39 is 10.0 Å². The van der Waals surface area contributed by atoms with Crippen molar-refractivity contribution < 1.29 is 22.3 Å². The molecule has 0 bridgehead atoms. The van der Waals surface area contributed by atoms with Gasteiger partial charge in [0.05, 0.1) is 12.4 Å². The molecular weight excluding hydrogens is 395 g/mol. The highest BCUT2D eigenvalue weighted by molar-refractivity contribution is 7.88. The molecule has 6 nitrogen and oxygen atoms in total. The van der Waals surface area contributed by atoms with Crippen LogP contribution >= 0.6 is 0 Å². The predicted octanol–water partition coefficient (Wildman–Crippen LogP) is 2.66. The molecule has 2 aromatic carbocycles. The number of sulfonamides is 1. The van der Waals surface area contributed by atoms with Gasteiger partial charge in [0, 0.05) is 32.6 Å². The fraction of sp³-hybridized carbons (Fsp3) is 0.381. The zero-order chi connectivity index (χ0) is 20.7. The van der Waals surface area contributed by atoms with Crippen molar-refractivity contribution in [3.8, 4) is 5.75 Å². The van der Waals surface area contributed by atoms with Crippen LogP contribution in [-0.4, -0.2) is 56.3 Å². The summed E-state index contributed by atoms with van der Waals surface area (Å²) in [6.45, 7) is 1.78. The second kappa shape index (κ2) is 9.84. The largest absolute Gasteiger partial charge is 0.494 e. The maximum absolute atomic E-state index is 12.9. The van der Waals surface area contributed by atoms with Gasteiger partial charge in [0.2, 0.25) is 15.9 Å². The molecule has 1 amide bonds. The van der Waals surface area contributed by atoms with Crippen LogP contribution in [0.2, 0.25) is 0 Å². The molecule has 1 aliphatic heterocycles. The van der Waals surface area contributed by atoms with Gasteiger partial charge < -0.3 is 9.64 Å². The van der Waals surface area contributed by atoms with Gasteiger partial charge in [-0.3, -0.25) is 4.79 Å². The lowest BCUT2D eigenvalue weighted by Gasteiger charge is -2.34. The molecule has 2 aromatic rings. The first-order chi connectivity index (χ1) is 13.9. The van der Waals surface area contributed by atoms with Crippen molar-refractivity contribution in [3.05, 3.63) is 66.0 Å². The van der Waals surface area contributed by atoms with Gasteiger partial charge in [-0.05, 0) is 36.2 Å². The van der Waals surface area contributed by atoms with Gasteiger partial charge >= 0.3 is 0 Å². The molecule has 1 saturated heterocycles. The van der Waals surface area contributed by atoms with Crippen molar-refractivity contribution in [3.63, 3.8) is 0 Å². The van der Waals surface area contributed by atoms with Crippen LogP contribution in [0, 0.1) is 5.82 Å². The third kappa shape index (κ3) is 6.27. The maximum atomic E-state index is 12.9. The number of carbonyl (C=O) groups excluding carboxylic acids is 1. The number of amides is 1. The summed E-state index contributed by atoms with van der Waals surface area (Å²) in [5.41, 5.74) is 0.757. The number of hydrogen-bond donors (Lipinski definition) is 0. The molecule has 0 aromatic heterocycles. The number of rotatable bonds is 8. The lowest BCUT2D eigenvalue weighted by Crippen LogP contribution is -2.50. The smallest absolute Gasteiger partial charge is 0.222 e. The standard InChI is InChI=1S/C21H25FN2O4S/c22-19-8-10-20(11-9-19)28-16-4-7-21(25)23-12-14-24(15-13-23)29(26,27)17-18-5-2-1-3-6-18/h1-3,5-6,8-11H,4,7,12-17H2. The fourth-order valence-electron chi connectivity index (χ4n) is 3.19. The number of ether oxygens (including phenoxy) is 1. The quantitative estimate of drug-likeness (QED) is 0.616. The summed E-state index contributed by atoms with van der Waals surface area (Å²) in [5.74, 6) is 0.212. The van der Waals surface area contributed by atoms with Crippen molar-refractivity contribution in [1.29, 1.82) is 0 Å². The number of carbonyl (C=O) groups is 1. The molecule has 0 radical (unpaired) electrons. The Hall–Kier alpha value is -2.45. The molecule has 1 aliphatic rings. The Bertz CT molecular complexity index is 896. The monoisotopic (exact) mass is 420 g/mol. The highest BCUT2D eigenvalue weighted by atomic mass is 32.2. The van der Waals surface area contributed by atoms with Gasteiger partial charge in [-0.25, -0.2) is 12.8 Å². The van der Waals surface area contributed by atoms with E-state index >= 15 is 0 Å². The van der Waals surface area contributed by atoms with E-state index in [0.29, 0.717) is 51.4 Å². The van der Waals surface area contributed by atoms with E-state index in [1.54, 1.807) is 29.2 Å². The second-order valence-electron chi connectivity index (χ2n) is 6.93. The summed E-state index contributed by atoms with van der Waals surface area (Å²) >= 11 is 0. The average molecular weight is 421 g/mol. The van der Waals surface area contributed by atoms with E-state index in [1.807, 2.05) is 18.2 Å². The molecule has 3 rings (SSSR count). The van der Waals surface area contributed by atoms with Gasteiger partial charge in [-0.1, -0.05) is 30.3 Å². The SMILES string of the molecule is O=C(CCCOc1ccc(F)cc1)N1CCN(S(=O)(=O)Cc2ccccc2)CC1. The van der Waals surface area contributed by atoms with Crippen LogP contribution in [0.4, 0.5) is 4.39 Å². The van der Waals surface area contributed by atoms with Crippen LogP contribution in [0.25, 0.3) is 0 Å². The summed E-state index contributed by atoms with van der Waals surface area (Å²) in [4.78, 5) is 14.1. The van der Waals surface area contributed by atoms with Crippen LogP contribution in [-0.2, 0) is 20.6 Å². The molecule has 0 aliphatic carbocycles. The third-order valence-electron chi connectivity index (χ3n) is 4.79. The Kier molecular flexibility index (Phi) is 7.22. The molecule has 0 unspecified atom stereocenters. The first-order valence-electron chi connectivity index (χ1n) is 9.62. The summed E-state index contributed by atoms with van der Waals surface area (Å²) in [6.07, 6.45) is 0.876. The molecular formula is C21H25FN2O4S. The lowest BCUT2D eigenvalue weighted by atomic mass is 10.2. The number of halogens is 1. The predicted molar refractivity (Wildman–Crippen MR) is 108 cm³/mol. The van der Waals surface area contributed by atoms with E-state index in [9.17, 15) is 17.6 Å². The van der Waals surface area contributed by atoms with Crippen LogP contribution in [0.3, 0.4) is 0 Å². The molecule has 8 heteroatoms. The van der Waals surface area contributed by atoms with E-state index in [1.165, 1.54) is 16.4 Å². The topological polar surface area (TPSA) is 66.9 Å². The van der Waals surface area contributed by atoms with Crippen molar-refractivity contribution in [1.82, 2.24) is 9.21 Å². The van der Waals surface area contributed by atoms with Crippen molar-refractivity contribution in [2.75, 3.05) is 32.8 Å². The Morgan fingerprint density at radius 3 is 2.28 bits per heavy atom. The summed E-state index contributed by atoms with van der Waals surface area (Å²) in [6, 6.07) is 14.8. The first kappa shape index (κ1) is 21.3. The third-order valence-corrected chi connectivity index (χ3v) is 6.64. The zero-order valence-corrected chi connectivity index (χ0v) is 17.0. The molecule has 1 heterocycles. The molecule has 0 spiro atoms. The molecule has 29 heavy (non-hydrogen) atoms. The Morgan fingerprint density at radius 2 is 1.62 bits per heavy atom. The Morgan fingerprint density at radius 1 is 0.966 bits per heavy atom. The highest BCUT2D eigenvalue weighted by Gasteiger charge is 2.28. The van der Waals surface area contributed by atoms with Crippen molar-refractivity contribution in [2.24, 2.45) is 0 Å². The molecule has 0 saturated carbocycles. The van der Waals surface area contributed by atoms with E-state index in [2.05, 4.69) is 0 Å². The van der Waals surface area contributed by atoms with Gasteiger partial charge in [0.25, 0.3) is 0 Å². The maximum Gasteiger partial charge on any atom is 0.222 e. The van der Waals surface area contributed by atoms with Crippen LogP contribution < -0.4 is 4.74 Å². The van der Waals surface area contributed by atoms with Gasteiger partial charge in [0.1, 0.15) is 11.6 Å². The Labute approximate surface area is 170 Å². The number of hydrogen-bond acceptors (Lipinski definition) is 4. The van der Waals surface area contributed by atoms with Crippen LogP contribution in [0.5, 0.6) is 5.75 Å². The highest BCUT2D eigenvalue weighted by Crippen LogP contribution is 2.15. The second-order valence-corrected chi connectivity index (χ2v) is 8.90. The van der Waals surface area contributed by atoms with Crippen molar-refractivity contribution in [2.45, 2.75) is 18.6 Å². The first-order valence-corrected chi connectivity index (χ1v) is 11.2. The summed E-state index contributed by atoms with van der Waals surface area (Å²) in [7, 11) is -3.39. The van der Waals surface area contributed by atoms with Gasteiger partial charge in [0.15, 0.2) is 0 Å². The van der Waals surface area contributed by atoms with E-state index in [0.717, 1.165) is 5.56 Å². The number of benzene rings is 2. The van der Waals surface area contributed by atoms with Crippen LogP contribution in [0.15, 0.2) is 54.6 Å². The van der Waals surface area contributed by atoms with Gasteiger partial charge in [-0.15, -0.1) is 0 Å². The number of nitrogens with zero attached hydrogens (tertiary/aromatic N) is 2. The molecule has 0 atom stereocenters. The van der Waals surface area contributed by atoms with Crippen molar-refractivity contribution >= 4 is 15.9 Å². The minimum absolute atomic E-state index is 0.00665. The zero-order valence-electron chi connectivity index (χ0n) is 16.2. The normalized spacial score (nSPS) is 15.3. The number of piperazine rings is 1. The van der Waals surface area contributed by atoms with E-state index in [4.69, 9.17) is 4.74 Å². The molecule has 1 fully saturated rings. The molecule has 156 valence electrons. The minimum Gasteiger partial charge on any atom is -0.494 e. The Balaban J connectivity index is 1.39. The lowest BCUT2D eigenvalue weighted by molar-refractivity contribution is -0.132. The fourth-order valence-corrected chi connectivity index (χ4v) is 4.71.